The maximum absolute atomic E-state index is 12.4. The van der Waals surface area contributed by atoms with Crippen LogP contribution in [0, 0.1) is 0 Å². The molecule has 0 aromatic rings. The summed E-state index contributed by atoms with van der Waals surface area (Å²) >= 11 is 0. The van der Waals surface area contributed by atoms with Crippen LogP contribution in [0.15, 0.2) is 48.6 Å². The molecule has 0 rings (SSSR count). The standard InChI is InChI=1S/C38H69NO4/c1-3-5-7-9-11-13-15-16-17-18-19-20-21-23-25-27-29-31-33-37(42)38(43)39-35(34-40)36(41)32-30-28-26-24-22-14-12-10-8-6-4-2/h8,10,18-19,22,24,30,32,35-37,40-42H,3-7,9,11-17,20-21,23,25-29,31,33-34H2,1-2H3,(H,39,43)/b10-8+,19-18-,24-22+,32-30+. The first kappa shape index (κ1) is 41.3. The Bertz CT molecular complexity index is 715. The zero-order valence-corrected chi connectivity index (χ0v) is 28.1. The predicted octanol–water partition coefficient (Wildman–Crippen LogP) is 9.42. The van der Waals surface area contributed by atoms with Gasteiger partial charge in [0.1, 0.15) is 6.10 Å². The Hall–Kier alpha value is -1.69. The molecule has 5 nitrogen and oxygen atoms in total. The van der Waals surface area contributed by atoms with E-state index >= 15 is 0 Å². The summed E-state index contributed by atoms with van der Waals surface area (Å²) in [6, 6.07) is -0.821. The summed E-state index contributed by atoms with van der Waals surface area (Å²) in [5.74, 6) is -0.527. The number of hydrogen-bond donors (Lipinski definition) is 4. The van der Waals surface area contributed by atoms with Crippen molar-refractivity contribution in [2.24, 2.45) is 0 Å². The molecule has 5 heteroatoms. The Morgan fingerprint density at radius 1 is 0.558 bits per heavy atom. The number of aliphatic hydroxyl groups is 3. The molecular weight excluding hydrogens is 534 g/mol. The molecule has 0 aliphatic rings. The third kappa shape index (κ3) is 28.8. The minimum atomic E-state index is -1.11. The van der Waals surface area contributed by atoms with Crippen LogP contribution in [0.4, 0.5) is 0 Å². The molecular formula is C38H69NO4. The Morgan fingerprint density at radius 2 is 1.00 bits per heavy atom. The van der Waals surface area contributed by atoms with Crippen molar-refractivity contribution in [3.05, 3.63) is 48.6 Å². The van der Waals surface area contributed by atoms with Crippen LogP contribution in [0.3, 0.4) is 0 Å². The van der Waals surface area contributed by atoms with E-state index in [9.17, 15) is 20.1 Å². The lowest BCUT2D eigenvalue weighted by atomic mass is 10.0. The van der Waals surface area contributed by atoms with Crippen molar-refractivity contribution in [1.82, 2.24) is 5.32 Å². The van der Waals surface area contributed by atoms with Crippen LogP contribution in [0.1, 0.15) is 162 Å². The third-order valence-electron chi connectivity index (χ3n) is 7.85. The molecule has 0 spiro atoms. The second kappa shape index (κ2) is 33.2. The van der Waals surface area contributed by atoms with Gasteiger partial charge < -0.3 is 20.6 Å². The van der Waals surface area contributed by atoms with Crippen molar-refractivity contribution in [2.45, 2.75) is 180 Å². The van der Waals surface area contributed by atoms with Crippen molar-refractivity contribution in [3.63, 3.8) is 0 Å². The summed E-state index contributed by atoms with van der Waals surface area (Å²) in [4.78, 5) is 12.4. The number of carbonyl (C=O) groups is 1. The molecule has 0 aliphatic carbocycles. The lowest BCUT2D eigenvalue weighted by Crippen LogP contribution is -2.48. The molecule has 43 heavy (non-hydrogen) atoms. The normalized spacial score (nSPS) is 14.4. The highest BCUT2D eigenvalue weighted by molar-refractivity contribution is 5.80. The van der Waals surface area contributed by atoms with E-state index < -0.39 is 24.2 Å². The van der Waals surface area contributed by atoms with Crippen LogP contribution < -0.4 is 5.32 Å². The Labute approximate surface area is 266 Å². The van der Waals surface area contributed by atoms with E-state index in [4.69, 9.17) is 0 Å². The minimum Gasteiger partial charge on any atom is -0.394 e. The van der Waals surface area contributed by atoms with Crippen molar-refractivity contribution >= 4 is 5.91 Å². The van der Waals surface area contributed by atoms with Crippen LogP contribution in [0.25, 0.3) is 0 Å². The van der Waals surface area contributed by atoms with Gasteiger partial charge >= 0.3 is 0 Å². The molecule has 3 unspecified atom stereocenters. The van der Waals surface area contributed by atoms with Gasteiger partial charge in [0.2, 0.25) is 5.91 Å². The molecule has 0 radical (unpaired) electrons. The van der Waals surface area contributed by atoms with Gasteiger partial charge in [0.25, 0.3) is 0 Å². The number of rotatable bonds is 31. The smallest absolute Gasteiger partial charge is 0.249 e. The number of aliphatic hydroxyl groups excluding tert-OH is 3. The van der Waals surface area contributed by atoms with E-state index in [1.165, 1.54) is 83.5 Å². The monoisotopic (exact) mass is 604 g/mol. The van der Waals surface area contributed by atoms with Gasteiger partial charge in [-0.2, -0.15) is 0 Å². The first-order valence-electron chi connectivity index (χ1n) is 18.0. The molecule has 3 atom stereocenters. The molecule has 0 bridgehead atoms. The molecule has 0 fully saturated rings. The predicted molar refractivity (Wildman–Crippen MR) is 185 cm³/mol. The van der Waals surface area contributed by atoms with E-state index in [0.717, 1.165) is 57.8 Å². The zero-order chi connectivity index (χ0) is 31.6. The molecule has 0 aliphatic heterocycles. The van der Waals surface area contributed by atoms with Gasteiger partial charge in [0.15, 0.2) is 0 Å². The van der Waals surface area contributed by atoms with Crippen molar-refractivity contribution < 1.29 is 20.1 Å². The van der Waals surface area contributed by atoms with Crippen LogP contribution in [-0.2, 0) is 4.79 Å². The lowest BCUT2D eigenvalue weighted by molar-refractivity contribution is -0.131. The maximum Gasteiger partial charge on any atom is 0.249 e. The SMILES string of the molecule is CCC/C=C/CC/C=C/CC/C=C/C(O)C(CO)NC(=O)C(O)CCCCCCCC/C=C\CCCCCCCCCC. The summed E-state index contributed by atoms with van der Waals surface area (Å²) in [5.41, 5.74) is 0. The van der Waals surface area contributed by atoms with Crippen molar-refractivity contribution in [3.8, 4) is 0 Å². The lowest BCUT2D eigenvalue weighted by Gasteiger charge is -2.21. The number of nitrogens with one attached hydrogen (secondary N) is 1. The van der Waals surface area contributed by atoms with Crippen LogP contribution in [0.2, 0.25) is 0 Å². The number of hydrogen-bond acceptors (Lipinski definition) is 4. The van der Waals surface area contributed by atoms with Gasteiger partial charge in [-0.25, -0.2) is 0 Å². The number of carbonyl (C=O) groups excluding carboxylic acids is 1. The summed E-state index contributed by atoms with van der Waals surface area (Å²) in [6.45, 7) is 4.06. The first-order valence-corrected chi connectivity index (χ1v) is 18.0. The highest BCUT2D eigenvalue weighted by atomic mass is 16.3. The molecule has 0 aromatic carbocycles. The molecule has 0 saturated heterocycles. The quantitative estimate of drug-likeness (QED) is 0.0469. The summed E-state index contributed by atoms with van der Waals surface area (Å²) in [5, 5.41) is 32.8. The molecule has 0 saturated carbocycles. The third-order valence-corrected chi connectivity index (χ3v) is 7.85. The van der Waals surface area contributed by atoms with E-state index in [1.807, 2.05) is 6.08 Å². The number of unbranched alkanes of at least 4 members (excludes halogenated alkanes) is 17. The molecule has 0 heterocycles. The van der Waals surface area contributed by atoms with Crippen molar-refractivity contribution in [2.75, 3.05) is 6.61 Å². The summed E-state index contributed by atoms with van der Waals surface area (Å²) in [7, 11) is 0. The zero-order valence-electron chi connectivity index (χ0n) is 28.1. The van der Waals surface area contributed by atoms with Gasteiger partial charge in [-0.05, 0) is 64.2 Å². The fraction of sp³-hybridized carbons (Fsp3) is 0.763. The average Bonchev–Trinajstić information content (AvgIpc) is 3.01. The second-order valence-corrected chi connectivity index (χ2v) is 12.1. The Kier molecular flexibility index (Phi) is 31.9. The summed E-state index contributed by atoms with van der Waals surface area (Å²) in [6.07, 6.45) is 41.3. The van der Waals surface area contributed by atoms with Gasteiger partial charge in [-0.3, -0.25) is 4.79 Å². The van der Waals surface area contributed by atoms with Crippen LogP contribution in [-0.4, -0.2) is 46.1 Å². The molecule has 0 aromatic heterocycles. The van der Waals surface area contributed by atoms with E-state index in [2.05, 4.69) is 55.6 Å². The fourth-order valence-corrected chi connectivity index (χ4v) is 4.98. The van der Waals surface area contributed by atoms with Gasteiger partial charge in [-0.1, -0.05) is 146 Å². The second-order valence-electron chi connectivity index (χ2n) is 12.1. The van der Waals surface area contributed by atoms with Crippen LogP contribution >= 0.6 is 0 Å². The van der Waals surface area contributed by atoms with Crippen molar-refractivity contribution in [1.29, 1.82) is 0 Å². The first-order chi connectivity index (χ1) is 21.1. The average molecular weight is 604 g/mol. The van der Waals surface area contributed by atoms with Gasteiger partial charge in [0.05, 0.1) is 18.8 Å². The highest BCUT2D eigenvalue weighted by Gasteiger charge is 2.22. The topological polar surface area (TPSA) is 89.8 Å². The number of amides is 1. The Morgan fingerprint density at radius 3 is 1.51 bits per heavy atom. The van der Waals surface area contributed by atoms with E-state index in [0.29, 0.717) is 6.42 Å². The van der Waals surface area contributed by atoms with E-state index in [1.54, 1.807) is 6.08 Å². The fourth-order valence-electron chi connectivity index (χ4n) is 4.98. The molecule has 4 N–H and O–H groups in total. The number of allylic oxidation sites excluding steroid dienone is 7. The van der Waals surface area contributed by atoms with E-state index in [-0.39, 0.29) is 6.61 Å². The van der Waals surface area contributed by atoms with Crippen LogP contribution in [0.5, 0.6) is 0 Å². The minimum absolute atomic E-state index is 0.385. The van der Waals surface area contributed by atoms with Gasteiger partial charge in [0, 0.05) is 0 Å². The maximum atomic E-state index is 12.4. The molecule has 1 amide bonds. The largest absolute Gasteiger partial charge is 0.394 e. The summed E-state index contributed by atoms with van der Waals surface area (Å²) < 4.78 is 0. The van der Waals surface area contributed by atoms with Gasteiger partial charge in [-0.15, -0.1) is 0 Å². The highest BCUT2D eigenvalue weighted by Crippen LogP contribution is 2.12. The molecule has 250 valence electrons. The Balaban J connectivity index is 3.80.